The minimum Gasteiger partial charge on any atom is -0.397 e. The van der Waals surface area contributed by atoms with E-state index in [2.05, 4.69) is 24.1 Å². The summed E-state index contributed by atoms with van der Waals surface area (Å²) >= 11 is 1.47. The lowest BCUT2D eigenvalue weighted by Crippen LogP contribution is -2.23. The van der Waals surface area contributed by atoms with Crippen LogP contribution < -0.4 is 16.0 Å². The first-order chi connectivity index (χ1) is 8.13. The predicted molar refractivity (Wildman–Crippen MR) is 74.9 cm³/mol. The van der Waals surface area contributed by atoms with E-state index in [4.69, 9.17) is 5.73 Å². The number of thiophene rings is 1. The molecule has 0 fully saturated rings. The van der Waals surface area contributed by atoms with Crippen LogP contribution in [0, 0.1) is 0 Å². The molecule has 5 heteroatoms. The van der Waals surface area contributed by atoms with E-state index in [1.54, 1.807) is 0 Å². The van der Waals surface area contributed by atoms with Gasteiger partial charge in [0, 0.05) is 19.6 Å². The lowest BCUT2D eigenvalue weighted by Gasteiger charge is -2.19. The third-order valence-electron chi connectivity index (χ3n) is 2.48. The third-order valence-corrected chi connectivity index (χ3v) is 3.69. The van der Waals surface area contributed by atoms with Gasteiger partial charge in [0.25, 0.3) is 5.91 Å². The normalized spacial score (nSPS) is 10.3. The molecule has 0 aliphatic heterocycles. The van der Waals surface area contributed by atoms with Gasteiger partial charge in [0.05, 0.1) is 10.7 Å². The van der Waals surface area contributed by atoms with Gasteiger partial charge in [0.1, 0.15) is 4.88 Å². The summed E-state index contributed by atoms with van der Waals surface area (Å²) in [5, 5.41) is 3.85. The van der Waals surface area contributed by atoms with Crippen LogP contribution >= 0.6 is 11.3 Å². The van der Waals surface area contributed by atoms with Gasteiger partial charge in [0.15, 0.2) is 0 Å². The summed E-state index contributed by atoms with van der Waals surface area (Å²) in [5.74, 6) is -0.0752. The summed E-state index contributed by atoms with van der Waals surface area (Å²) < 4.78 is 0. The second kappa shape index (κ2) is 6.49. The maximum Gasteiger partial charge on any atom is 0.263 e. The Kier molecular flexibility index (Phi) is 5.28. The third kappa shape index (κ3) is 3.36. The predicted octanol–water partition coefficient (Wildman–Crippen LogP) is 2.32. The molecule has 3 N–H and O–H groups in total. The van der Waals surface area contributed by atoms with Crippen LogP contribution in [0.2, 0.25) is 0 Å². The van der Waals surface area contributed by atoms with Gasteiger partial charge in [-0.3, -0.25) is 4.79 Å². The first kappa shape index (κ1) is 13.8. The van der Waals surface area contributed by atoms with Crippen LogP contribution in [0.1, 0.15) is 36.9 Å². The molecule has 1 heterocycles. The van der Waals surface area contributed by atoms with Gasteiger partial charge >= 0.3 is 0 Å². The Balaban J connectivity index is 2.90. The van der Waals surface area contributed by atoms with Crippen LogP contribution in [0.5, 0.6) is 0 Å². The smallest absolute Gasteiger partial charge is 0.263 e. The van der Waals surface area contributed by atoms with Gasteiger partial charge in [-0.2, -0.15) is 0 Å². The van der Waals surface area contributed by atoms with Gasteiger partial charge in [-0.15, -0.1) is 11.3 Å². The van der Waals surface area contributed by atoms with Gasteiger partial charge in [0.2, 0.25) is 0 Å². The zero-order chi connectivity index (χ0) is 12.8. The van der Waals surface area contributed by atoms with E-state index in [-0.39, 0.29) is 5.91 Å². The highest BCUT2D eigenvalue weighted by molar-refractivity contribution is 7.18. The van der Waals surface area contributed by atoms with Crippen molar-refractivity contribution in [2.45, 2.75) is 27.2 Å². The Bertz CT molecular complexity index is 376. The van der Waals surface area contributed by atoms with Crippen molar-refractivity contribution in [1.29, 1.82) is 0 Å². The number of nitrogens with two attached hydrogens (primary N) is 1. The van der Waals surface area contributed by atoms with Crippen molar-refractivity contribution in [3.8, 4) is 0 Å². The monoisotopic (exact) mass is 255 g/mol. The summed E-state index contributed by atoms with van der Waals surface area (Å²) in [6.07, 6.45) is 1.09. The Morgan fingerprint density at radius 3 is 2.71 bits per heavy atom. The zero-order valence-corrected chi connectivity index (χ0v) is 11.6. The summed E-state index contributed by atoms with van der Waals surface area (Å²) in [4.78, 5) is 14.6. The number of nitrogens with one attached hydrogen (secondary N) is 1. The second-order valence-electron chi connectivity index (χ2n) is 3.81. The standard InChI is InChI=1S/C12H21N3OS/c1-4-7-15(6-3)10-8-9(13)11(17-10)12(16)14-5-2/h8H,4-7,13H2,1-3H3,(H,14,16). The summed E-state index contributed by atoms with van der Waals surface area (Å²) in [6.45, 7) is 8.70. The van der Waals surface area contributed by atoms with Gasteiger partial charge in [-0.1, -0.05) is 6.92 Å². The average molecular weight is 255 g/mol. The van der Waals surface area contributed by atoms with Crippen LogP contribution in [-0.2, 0) is 0 Å². The highest BCUT2D eigenvalue weighted by atomic mass is 32.1. The van der Waals surface area contributed by atoms with Crippen LogP contribution in [0.25, 0.3) is 0 Å². The number of hydrogen-bond acceptors (Lipinski definition) is 4. The summed E-state index contributed by atoms with van der Waals surface area (Å²) in [7, 11) is 0. The number of carbonyl (C=O) groups is 1. The summed E-state index contributed by atoms with van der Waals surface area (Å²) in [6, 6.07) is 1.90. The fourth-order valence-electron chi connectivity index (χ4n) is 1.66. The topological polar surface area (TPSA) is 58.4 Å². The molecule has 0 saturated carbocycles. The van der Waals surface area contributed by atoms with Crippen LogP contribution in [0.4, 0.5) is 10.7 Å². The fraction of sp³-hybridized carbons (Fsp3) is 0.583. The number of carbonyl (C=O) groups excluding carboxylic acids is 1. The Morgan fingerprint density at radius 2 is 2.18 bits per heavy atom. The Morgan fingerprint density at radius 1 is 1.47 bits per heavy atom. The molecule has 0 unspecified atom stereocenters. The molecule has 1 aromatic rings. The van der Waals surface area contributed by atoms with Gasteiger partial charge in [-0.05, 0) is 26.3 Å². The Hall–Kier alpha value is -1.23. The molecule has 0 atom stereocenters. The van der Waals surface area contributed by atoms with E-state index < -0.39 is 0 Å². The molecule has 0 aromatic carbocycles. The fourth-order valence-corrected chi connectivity index (χ4v) is 2.75. The van der Waals surface area contributed by atoms with Gasteiger partial charge in [-0.25, -0.2) is 0 Å². The van der Waals surface area contributed by atoms with E-state index >= 15 is 0 Å². The van der Waals surface area contributed by atoms with Crippen LogP contribution in [0.3, 0.4) is 0 Å². The molecule has 0 saturated heterocycles. The second-order valence-corrected chi connectivity index (χ2v) is 4.84. The molecule has 1 aromatic heterocycles. The summed E-state index contributed by atoms with van der Waals surface area (Å²) in [5.41, 5.74) is 6.46. The van der Waals surface area contributed by atoms with Crippen molar-refractivity contribution in [3.63, 3.8) is 0 Å². The number of amides is 1. The maximum atomic E-state index is 11.7. The molecule has 1 rings (SSSR count). The SMILES string of the molecule is CCCN(CC)c1cc(N)c(C(=O)NCC)s1. The van der Waals surface area contributed by atoms with Gasteiger partial charge < -0.3 is 16.0 Å². The molecule has 0 aliphatic carbocycles. The van der Waals surface area contributed by atoms with Crippen LogP contribution in [-0.4, -0.2) is 25.5 Å². The van der Waals surface area contributed by atoms with Crippen molar-refractivity contribution in [1.82, 2.24) is 5.32 Å². The van der Waals surface area contributed by atoms with E-state index in [0.717, 1.165) is 24.5 Å². The van der Waals surface area contributed by atoms with E-state index in [0.29, 0.717) is 17.1 Å². The van der Waals surface area contributed by atoms with E-state index in [1.807, 2.05) is 13.0 Å². The molecule has 0 bridgehead atoms. The molecule has 96 valence electrons. The number of nitrogens with zero attached hydrogens (tertiary/aromatic N) is 1. The first-order valence-corrected chi connectivity index (χ1v) is 6.88. The molecule has 1 amide bonds. The molecule has 17 heavy (non-hydrogen) atoms. The lowest BCUT2D eigenvalue weighted by molar-refractivity contribution is 0.0960. The van der Waals surface area contributed by atoms with Crippen molar-refractivity contribution >= 4 is 27.9 Å². The number of nitrogen functional groups attached to an aromatic ring is 1. The zero-order valence-electron chi connectivity index (χ0n) is 10.7. The molecule has 4 nitrogen and oxygen atoms in total. The average Bonchev–Trinajstić information content (AvgIpc) is 2.68. The van der Waals surface area contributed by atoms with Crippen molar-refractivity contribution in [2.75, 3.05) is 30.3 Å². The quantitative estimate of drug-likeness (QED) is 0.820. The minimum atomic E-state index is -0.0752. The largest absolute Gasteiger partial charge is 0.397 e. The Labute approximate surface area is 107 Å². The van der Waals surface area contributed by atoms with Crippen molar-refractivity contribution in [3.05, 3.63) is 10.9 Å². The van der Waals surface area contributed by atoms with Crippen molar-refractivity contribution < 1.29 is 4.79 Å². The number of hydrogen-bond donors (Lipinski definition) is 2. The van der Waals surface area contributed by atoms with E-state index in [1.165, 1.54) is 11.3 Å². The minimum absolute atomic E-state index is 0.0752. The maximum absolute atomic E-state index is 11.7. The lowest BCUT2D eigenvalue weighted by atomic mass is 10.3. The highest BCUT2D eigenvalue weighted by Gasteiger charge is 2.16. The molecular formula is C12H21N3OS. The molecule has 0 radical (unpaired) electrons. The number of rotatable bonds is 6. The first-order valence-electron chi connectivity index (χ1n) is 6.06. The molecular weight excluding hydrogens is 234 g/mol. The van der Waals surface area contributed by atoms with E-state index in [9.17, 15) is 4.79 Å². The molecule has 0 spiro atoms. The van der Waals surface area contributed by atoms with Crippen LogP contribution in [0.15, 0.2) is 6.07 Å². The number of anilines is 2. The van der Waals surface area contributed by atoms with Crippen molar-refractivity contribution in [2.24, 2.45) is 0 Å². The highest BCUT2D eigenvalue weighted by Crippen LogP contribution is 2.32. The molecule has 0 aliphatic rings.